The standard InChI is InChI=1S/C22H19ClFN3O3/c1-2-30-22(29)20-15-13-26(21(28)19-16(23)9-6-10-17(19)24)12-11-18(15)27(25-20)14-7-4-3-5-8-14/h3-10H,2,11-13H2,1H3. The van der Waals surface area contributed by atoms with Crippen molar-refractivity contribution in [3.05, 3.63) is 81.9 Å². The molecular formula is C22H19ClFN3O3. The third-order valence-electron chi connectivity index (χ3n) is 4.99. The molecule has 3 aromatic rings. The van der Waals surface area contributed by atoms with Gasteiger partial charge in [0.2, 0.25) is 0 Å². The molecule has 0 unspecified atom stereocenters. The largest absolute Gasteiger partial charge is 0.461 e. The van der Waals surface area contributed by atoms with Crippen molar-refractivity contribution in [2.45, 2.75) is 19.9 Å². The number of rotatable bonds is 4. The fourth-order valence-electron chi connectivity index (χ4n) is 3.60. The highest BCUT2D eigenvalue weighted by atomic mass is 35.5. The lowest BCUT2D eigenvalue weighted by atomic mass is 10.0. The summed E-state index contributed by atoms with van der Waals surface area (Å²) in [5.74, 6) is -1.75. The molecule has 2 aromatic carbocycles. The van der Waals surface area contributed by atoms with E-state index in [0.717, 1.165) is 11.4 Å². The number of ether oxygens (including phenoxy) is 1. The summed E-state index contributed by atoms with van der Waals surface area (Å²) < 4.78 is 21.1. The zero-order chi connectivity index (χ0) is 21.3. The number of carbonyl (C=O) groups is 2. The molecule has 0 fully saturated rings. The van der Waals surface area contributed by atoms with Crippen molar-refractivity contribution in [3.8, 4) is 5.69 Å². The molecule has 0 aliphatic carbocycles. The Morgan fingerprint density at radius 2 is 1.93 bits per heavy atom. The molecule has 0 atom stereocenters. The Kier molecular flexibility index (Phi) is 5.55. The van der Waals surface area contributed by atoms with Gasteiger partial charge in [-0.1, -0.05) is 35.9 Å². The number of halogens is 2. The van der Waals surface area contributed by atoms with E-state index in [9.17, 15) is 14.0 Å². The first-order valence-corrected chi connectivity index (χ1v) is 9.95. The number of para-hydroxylation sites is 1. The molecule has 154 valence electrons. The van der Waals surface area contributed by atoms with Crippen molar-refractivity contribution in [1.82, 2.24) is 14.7 Å². The lowest BCUT2D eigenvalue weighted by Crippen LogP contribution is -2.37. The maximum absolute atomic E-state index is 14.3. The predicted octanol–water partition coefficient (Wildman–Crippen LogP) is 4.04. The summed E-state index contributed by atoms with van der Waals surface area (Å²) in [4.78, 5) is 27.0. The zero-order valence-corrected chi connectivity index (χ0v) is 17.0. The molecule has 0 saturated carbocycles. The smallest absolute Gasteiger partial charge is 0.359 e. The molecule has 6 nitrogen and oxygen atoms in total. The predicted molar refractivity (Wildman–Crippen MR) is 109 cm³/mol. The van der Waals surface area contributed by atoms with Gasteiger partial charge in [-0.05, 0) is 31.2 Å². The van der Waals surface area contributed by atoms with Crippen LogP contribution in [0.5, 0.6) is 0 Å². The summed E-state index contributed by atoms with van der Waals surface area (Å²) in [6.45, 7) is 2.38. The van der Waals surface area contributed by atoms with E-state index in [1.54, 1.807) is 11.6 Å². The summed E-state index contributed by atoms with van der Waals surface area (Å²) >= 11 is 6.07. The fraction of sp³-hybridized carbons (Fsp3) is 0.227. The summed E-state index contributed by atoms with van der Waals surface area (Å²) in [5.41, 5.74) is 2.22. The van der Waals surface area contributed by atoms with Crippen LogP contribution in [-0.2, 0) is 17.7 Å². The molecule has 0 bridgehead atoms. The maximum Gasteiger partial charge on any atom is 0.359 e. The van der Waals surface area contributed by atoms with Crippen LogP contribution in [0.25, 0.3) is 5.69 Å². The van der Waals surface area contributed by atoms with Crippen molar-refractivity contribution in [2.24, 2.45) is 0 Å². The topological polar surface area (TPSA) is 64.4 Å². The van der Waals surface area contributed by atoms with E-state index in [4.69, 9.17) is 16.3 Å². The van der Waals surface area contributed by atoms with Crippen LogP contribution in [0, 0.1) is 5.82 Å². The Morgan fingerprint density at radius 3 is 2.63 bits per heavy atom. The van der Waals surface area contributed by atoms with Crippen LogP contribution in [0.1, 0.15) is 39.0 Å². The van der Waals surface area contributed by atoms with Gasteiger partial charge in [0.05, 0.1) is 35.1 Å². The van der Waals surface area contributed by atoms with Crippen molar-refractivity contribution in [2.75, 3.05) is 13.2 Å². The van der Waals surface area contributed by atoms with Crippen LogP contribution >= 0.6 is 11.6 Å². The first-order chi connectivity index (χ1) is 14.5. The monoisotopic (exact) mass is 427 g/mol. The number of nitrogens with zero attached hydrogens (tertiary/aromatic N) is 3. The normalized spacial score (nSPS) is 13.1. The quantitative estimate of drug-likeness (QED) is 0.589. The first-order valence-electron chi connectivity index (χ1n) is 9.57. The second-order valence-corrected chi connectivity index (χ2v) is 7.22. The fourth-order valence-corrected chi connectivity index (χ4v) is 3.84. The Hall–Kier alpha value is -3.19. The van der Waals surface area contributed by atoms with E-state index >= 15 is 0 Å². The molecule has 0 N–H and O–H groups in total. The Balaban J connectivity index is 1.74. The van der Waals surface area contributed by atoms with E-state index in [-0.39, 0.29) is 29.4 Å². The second kappa shape index (κ2) is 8.28. The number of fused-ring (bicyclic) bond motifs is 1. The summed E-state index contributed by atoms with van der Waals surface area (Å²) in [5, 5.41) is 4.54. The maximum atomic E-state index is 14.3. The Labute approximate surface area is 177 Å². The van der Waals surface area contributed by atoms with Crippen LogP contribution in [0.4, 0.5) is 4.39 Å². The summed E-state index contributed by atoms with van der Waals surface area (Å²) in [6.07, 6.45) is 0.453. The number of carbonyl (C=O) groups excluding carboxylic acids is 2. The van der Waals surface area contributed by atoms with E-state index < -0.39 is 17.7 Å². The zero-order valence-electron chi connectivity index (χ0n) is 16.3. The van der Waals surface area contributed by atoms with Gasteiger partial charge in [0.25, 0.3) is 5.91 Å². The summed E-state index contributed by atoms with van der Waals surface area (Å²) in [6, 6.07) is 13.6. The van der Waals surface area contributed by atoms with E-state index in [0.29, 0.717) is 18.5 Å². The van der Waals surface area contributed by atoms with Gasteiger partial charge < -0.3 is 9.64 Å². The minimum atomic E-state index is -0.677. The van der Waals surface area contributed by atoms with Crippen LogP contribution in [0.15, 0.2) is 48.5 Å². The van der Waals surface area contributed by atoms with Gasteiger partial charge in [-0.3, -0.25) is 4.79 Å². The molecule has 4 rings (SSSR count). The lowest BCUT2D eigenvalue weighted by Gasteiger charge is -2.28. The van der Waals surface area contributed by atoms with Gasteiger partial charge in [0, 0.05) is 18.5 Å². The van der Waals surface area contributed by atoms with Crippen LogP contribution < -0.4 is 0 Å². The Morgan fingerprint density at radius 1 is 1.17 bits per heavy atom. The third-order valence-corrected chi connectivity index (χ3v) is 5.31. The van der Waals surface area contributed by atoms with Gasteiger partial charge in [0.15, 0.2) is 5.69 Å². The molecule has 1 aliphatic heterocycles. The number of hydrogen-bond donors (Lipinski definition) is 0. The average Bonchev–Trinajstić information content (AvgIpc) is 3.13. The number of aromatic nitrogens is 2. The molecule has 2 heterocycles. The average molecular weight is 428 g/mol. The SMILES string of the molecule is CCOC(=O)c1nn(-c2ccccc2)c2c1CN(C(=O)c1c(F)cccc1Cl)CC2. The minimum Gasteiger partial charge on any atom is -0.461 e. The van der Waals surface area contributed by atoms with E-state index in [1.165, 1.54) is 23.1 Å². The molecule has 0 spiro atoms. The molecule has 30 heavy (non-hydrogen) atoms. The highest BCUT2D eigenvalue weighted by Gasteiger charge is 2.32. The van der Waals surface area contributed by atoms with E-state index in [2.05, 4.69) is 5.10 Å². The number of hydrogen-bond acceptors (Lipinski definition) is 4. The van der Waals surface area contributed by atoms with Gasteiger partial charge in [-0.15, -0.1) is 0 Å². The lowest BCUT2D eigenvalue weighted by molar-refractivity contribution is 0.0513. The molecule has 0 radical (unpaired) electrons. The van der Waals surface area contributed by atoms with Crippen molar-refractivity contribution in [1.29, 1.82) is 0 Å². The van der Waals surface area contributed by atoms with Crippen LogP contribution in [0.2, 0.25) is 5.02 Å². The Bertz CT molecular complexity index is 1090. The highest BCUT2D eigenvalue weighted by molar-refractivity contribution is 6.33. The molecule has 1 amide bonds. The van der Waals surface area contributed by atoms with Crippen molar-refractivity contribution in [3.63, 3.8) is 0 Å². The number of benzene rings is 2. The molecule has 1 aliphatic rings. The van der Waals surface area contributed by atoms with Crippen molar-refractivity contribution >= 4 is 23.5 Å². The molecular weight excluding hydrogens is 409 g/mol. The second-order valence-electron chi connectivity index (χ2n) is 6.82. The molecule has 1 aromatic heterocycles. The van der Waals surface area contributed by atoms with Gasteiger partial charge in [0.1, 0.15) is 5.82 Å². The van der Waals surface area contributed by atoms with Crippen LogP contribution in [0.3, 0.4) is 0 Å². The van der Waals surface area contributed by atoms with Gasteiger partial charge in [-0.25, -0.2) is 13.9 Å². The third kappa shape index (κ3) is 3.57. The highest BCUT2D eigenvalue weighted by Crippen LogP contribution is 2.29. The molecule has 8 heteroatoms. The van der Waals surface area contributed by atoms with Gasteiger partial charge in [-0.2, -0.15) is 5.10 Å². The van der Waals surface area contributed by atoms with E-state index in [1.807, 2.05) is 30.3 Å². The molecule has 0 saturated heterocycles. The van der Waals surface area contributed by atoms with Gasteiger partial charge >= 0.3 is 5.97 Å². The van der Waals surface area contributed by atoms with Crippen molar-refractivity contribution < 1.29 is 18.7 Å². The first kappa shape index (κ1) is 20.1. The summed E-state index contributed by atoms with van der Waals surface area (Å²) in [7, 11) is 0. The van der Waals surface area contributed by atoms with Crippen LogP contribution in [-0.4, -0.2) is 39.7 Å². The number of amides is 1. The minimum absolute atomic E-state index is 0.0522. The number of esters is 1.